The Bertz CT molecular complexity index is 885. The minimum Gasteiger partial charge on any atom is -0.492 e. The van der Waals surface area contributed by atoms with Crippen molar-refractivity contribution in [2.24, 2.45) is 0 Å². The van der Waals surface area contributed by atoms with Crippen molar-refractivity contribution < 1.29 is 14.3 Å². The van der Waals surface area contributed by atoms with Gasteiger partial charge in [0.25, 0.3) is 5.91 Å². The number of benzene rings is 2. The number of hydrogen-bond donors (Lipinski definition) is 0. The first-order valence-corrected chi connectivity index (χ1v) is 9.24. The molecule has 0 saturated carbocycles. The molecule has 0 atom stereocenters. The van der Waals surface area contributed by atoms with Crippen LogP contribution in [0.15, 0.2) is 77.4 Å². The summed E-state index contributed by atoms with van der Waals surface area (Å²) in [6, 6.07) is 20.4. The molecule has 6 heteroatoms. The number of aromatic nitrogens is 1. The van der Waals surface area contributed by atoms with E-state index in [1.807, 2.05) is 54.6 Å². The van der Waals surface area contributed by atoms with Crippen LogP contribution in [-0.2, 0) is 0 Å². The molecule has 0 saturated heterocycles. The van der Waals surface area contributed by atoms with Crippen LogP contribution < -0.4 is 9.47 Å². The van der Waals surface area contributed by atoms with E-state index in [0.29, 0.717) is 30.3 Å². The highest BCUT2D eigenvalue weighted by Gasteiger charge is 2.12. The van der Waals surface area contributed by atoms with Gasteiger partial charge in [-0.2, -0.15) is 0 Å². The molecular formula is C21H19BrN2O3. The lowest BCUT2D eigenvalue weighted by Crippen LogP contribution is -2.30. The van der Waals surface area contributed by atoms with Gasteiger partial charge in [-0.05, 0) is 36.4 Å². The zero-order valence-electron chi connectivity index (χ0n) is 14.8. The van der Waals surface area contributed by atoms with Crippen LogP contribution in [0.4, 0.5) is 0 Å². The maximum absolute atomic E-state index is 12.5. The van der Waals surface area contributed by atoms with Crippen molar-refractivity contribution in [3.63, 3.8) is 0 Å². The predicted molar refractivity (Wildman–Crippen MR) is 107 cm³/mol. The Labute approximate surface area is 166 Å². The molecule has 0 aliphatic rings. The van der Waals surface area contributed by atoms with Gasteiger partial charge < -0.3 is 14.4 Å². The van der Waals surface area contributed by atoms with E-state index in [-0.39, 0.29) is 5.91 Å². The first-order chi connectivity index (χ1) is 13.1. The summed E-state index contributed by atoms with van der Waals surface area (Å²) in [4.78, 5) is 18.3. The van der Waals surface area contributed by atoms with Gasteiger partial charge in [-0.1, -0.05) is 40.2 Å². The molecule has 0 unspecified atom stereocenters. The standard InChI is InChI=1S/C21H19BrN2O3/c1-24(12-13-26-18-7-3-2-4-8-18)21(25)16-10-11-20(23-15-16)27-19-9-5-6-17(22)14-19/h2-11,14-15H,12-13H2,1H3. The number of likely N-dealkylation sites (N-methyl/N-ethyl adjacent to an activating group) is 1. The molecule has 0 aliphatic heterocycles. The van der Waals surface area contributed by atoms with Crippen LogP contribution >= 0.6 is 15.9 Å². The molecule has 0 radical (unpaired) electrons. The summed E-state index contributed by atoms with van der Waals surface area (Å²) in [5.41, 5.74) is 0.499. The van der Waals surface area contributed by atoms with Crippen molar-refractivity contribution in [1.29, 1.82) is 0 Å². The largest absolute Gasteiger partial charge is 0.492 e. The highest BCUT2D eigenvalue weighted by molar-refractivity contribution is 9.10. The Hall–Kier alpha value is -2.86. The van der Waals surface area contributed by atoms with Crippen molar-refractivity contribution in [2.45, 2.75) is 0 Å². The summed E-state index contributed by atoms with van der Waals surface area (Å²) in [6.07, 6.45) is 1.52. The van der Waals surface area contributed by atoms with Crippen LogP contribution in [-0.4, -0.2) is 36.0 Å². The molecule has 2 aromatic carbocycles. The van der Waals surface area contributed by atoms with Crippen molar-refractivity contribution in [3.05, 3.63) is 83.0 Å². The third-order valence-electron chi connectivity index (χ3n) is 3.79. The van der Waals surface area contributed by atoms with Crippen LogP contribution in [0.25, 0.3) is 0 Å². The Morgan fingerprint density at radius 1 is 1.04 bits per heavy atom. The third-order valence-corrected chi connectivity index (χ3v) is 4.28. The summed E-state index contributed by atoms with van der Waals surface area (Å²) in [5.74, 6) is 1.77. The van der Waals surface area contributed by atoms with Gasteiger partial charge in [0.15, 0.2) is 0 Å². The van der Waals surface area contributed by atoms with Crippen LogP contribution in [0.1, 0.15) is 10.4 Å². The van der Waals surface area contributed by atoms with Gasteiger partial charge in [-0.3, -0.25) is 4.79 Å². The van der Waals surface area contributed by atoms with Crippen LogP contribution in [0, 0.1) is 0 Å². The van der Waals surface area contributed by atoms with Crippen LogP contribution in [0.5, 0.6) is 17.4 Å². The summed E-state index contributed by atoms with van der Waals surface area (Å²) < 4.78 is 12.2. The van der Waals surface area contributed by atoms with E-state index in [1.165, 1.54) is 6.20 Å². The Morgan fingerprint density at radius 2 is 1.81 bits per heavy atom. The van der Waals surface area contributed by atoms with E-state index in [2.05, 4.69) is 20.9 Å². The topological polar surface area (TPSA) is 51.7 Å². The van der Waals surface area contributed by atoms with Gasteiger partial charge in [-0.25, -0.2) is 4.98 Å². The van der Waals surface area contributed by atoms with E-state index < -0.39 is 0 Å². The maximum Gasteiger partial charge on any atom is 0.255 e. The monoisotopic (exact) mass is 426 g/mol. The first-order valence-electron chi connectivity index (χ1n) is 8.44. The summed E-state index contributed by atoms with van der Waals surface area (Å²) in [6.45, 7) is 0.897. The predicted octanol–water partition coefficient (Wildman–Crippen LogP) is 4.79. The minimum atomic E-state index is -0.117. The average molecular weight is 427 g/mol. The van der Waals surface area contributed by atoms with E-state index in [9.17, 15) is 4.79 Å². The normalized spacial score (nSPS) is 10.3. The van der Waals surface area contributed by atoms with Crippen molar-refractivity contribution >= 4 is 21.8 Å². The van der Waals surface area contributed by atoms with E-state index in [4.69, 9.17) is 9.47 Å². The molecule has 0 spiro atoms. The summed E-state index contributed by atoms with van der Waals surface area (Å²) >= 11 is 3.40. The molecule has 138 valence electrons. The van der Waals surface area contributed by atoms with Crippen molar-refractivity contribution in [1.82, 2.24) is 9.88 Å². The number of nitrogens with zero attached hydrogens (tertiary/aromatic N) is 2. The number of halogens is 1. The average Bonchev–Trinajstić information content (AvgIpc) is 2.69. The third kappa shape index (κ3) is 5.56. The van der Waals surface area contributed by atoms with Gasteiger partial charge >= 0.3 is 0 Å². The molecule has 5 nitrogen and oxygen atoms in total. The molecule has 0 fully saturated rings. The van der Waals surface area contributed by atoms with Crippen molar-refractivity contribution in [3.8, 4) is 17.4 Å². The fourth-order valence-corrected chi connectivity index (χ4v) is 2.74. The molecule has 27 heavy (non-hydrogen) atoms. The second kappa shape index (κ2) is 9.19. The smallest absolute Gasteiger partial charge is 0.255 e. The molecule has 1 aromatic heterocycles. The number of carbonyl (C=O) groups is 1. The second-order valence-electron chi connectivity index (χ2n) is 5.83. The fraction of sp³-hybridized carbons (Fsp3) is 0.143. The number of pyridine rings is 1. The summed E-state index contributed by atoms with van der Waals surface area (Å²) in [7, 11) is 1.74. The van der Waals surface area contributed by atoms with Gasteiger partial charge in [-0.15, -0.1) is 0 Å². The summed E-state index contributed by atoms with van der Waals surface area (Å²) in [5, 5.41) is 0. The fourth-order valence-electron chi connectivity index (χ4n) is 2.36. The molecule has 0 N–H and O–H groups in total. The van der Waals surface area contributed by atoms with E-state index in [1.54, 1.807) is 24.1 Å². The molecule has 1 heterocycles. The van der Waals surface area contributed by atoms with E-state index >= 15 is 0 Å². The lowest BCUT2D eigenvalue weighted by atomic mass is 10.2. The molecule has 0 aliphatic carbocycles. The second-order valence-corrected chi connectivity index (χ2v) is 6.75. The van der Waals surface area contributed by atoms with Crippen LogP contribution in [0.2, 0.25) is 0 Å². The maximum atomic E-state index is 12.5. The number of ether oxygens (including phenoxy) is 2. The van der Waals surface area contributed by atoms with Gasteiger partial charge in [0, 0.05) is 23.8 Å². The zero-order valence-corrected chi connectivity index (χ0v) is 16.4. The molecule has 3 aromatic rings. The zero-order chi connectivity index (χ0) is 19.1. The lowest BCUT2D eigenvalue weighted by Gasteiger charge is -2.17. The highest BCUT2D eigenvalue weighted by Crippen LogP contribution is 2.23. The molecule has 3 rings (SSSR count). The minimum absolute atomic E-state index is 0.117. The number of rotatable bonds is 7. The highest BCUT2D eigenvalue weighted by atomic mass is 79.9. The molecular weight excluding hydrogens is 408 g/mol. The molecule has 1 amide bonds. The first kappa shape index (κ1) is 18.9. The van der Waals surface area contributed by atoms with Crippen LogP contribution in [0.3, 0.4) is 0 Å². The Morgan fingerprint density at radius 3 is 2.52 bits per heavy atom. The van der Waals surface area contributed by atoms with E-state index in [0.717, 1.165) is 10.2 Å². The number of para-hydroxylation sites is 1. The van der Waals surface area contributed by atoms with Gasteiger partial charge in [0.2, 0.25) is 5.88 Å². The van der Waals surface area contributed by atoms with Gasteiger partial charge in [0.1, 0.15) is 18.1 Å². The number of carbonyl (C=O) groups excluding carboxylic acids is 1. The number of amides is 1. The Balaban J connectivity index is 1.53. The quantitative estimate of drug-likeness (QED) is 0.544. The van der Waals surface area contributed by atoms with Crippen molar-refractivity contribution in [2.75, 3.05) is 20.2 Å². The van der Waals surface area contributed by atoms with Gasteiger partial charge in [0.05, 0.1) is 12.1 Å². The SMILES string of the molecule is CN(CCOc1ccccc1)C(=O)c1ccc(Oc2cccc(Br)c2)nc1. The lowest BCUT2D eigenvalue weighted by molar-refractivity contribution is 0.0773. The Kier molecular flexibility index (Phi) is 6.44. The number of hydrogen-bond acceptors (Lipinski definition) is 4. The molecule has 0 bridgehead atoms.